The Balaban J connectivity index is 1.24. The molecule has 0 radical (unpaired) electrons. The van der Waals surface area contributed by atoms with Gasteiger partial charge in [-0.15, -0.1) is 0 Å². The molecule has 0 aliphatic carbocycles. The first-order valence-corrected chi connectivity index (χ1v) is 10.4. The average Bonchev–Trinajstić information content (AvgIpc) is 3.20. The lowest BCUT2D eigenvalue weighted by atomic mass is 9.91. The van der Waals surface area contributed by atoms with Crippen molar-refractivity contribution >= 4 is 11.0 Å². The Kier molecular flexibility index (Phi) is 6.62. The summed E-state index contributed by atoms with van der Waals surface area (Å²) in [5.74, 6) is 0.696. The van der Waals surface area contributed by atoms with Gasteiger partial charge < -0.3 is 24.4 Å². The van der Waals surface area contributed by atoms with Crippen LogP contribution in [0.1, 0.15) is 42.0 Å². The molecule has 2 heterocycles. The second-order valence-electron chi connectivity index (χ2n) is 7.78. The van der Waals surface area contributed by atoms with Crippen molar-refractivity contribution in [2.24, 2.45) is 0 Å². The SMILES string of the molecule is OCc1ccc(OCCCN2CCC(c3noc4cc(F)ccc34)CC2)c(CO)c1. The molecule has 2 N–H and O–H groups in total. The minimum atomic E-state index is -0.308. The molecule has 2 aromatic carbocycles. The third kappa shape index (κ3) is 4.64. The largest absolute Gasteiger partial charge is 0.493 e. The van der Waals surface area contributed by atoms with Crippen LogP contribution in [-0.2, 0) is 13.2 Å². The summed E-state index contributed by atoms with van der Waals surface area (Å²) in [6.07, 6.45) is 2.89. The molecule has 30 heavy (non-hydrogen) atoms. The van der Waals surface area contributed by atoms with Crippen LogP contribution in [0, 0.1) is 5.82 Å². The van der Waals surface area contributed by atoms with Crippen LogP contribution < -0.4 is 4.74 Å². The second-order valence-corrected chi connectivity index (χ2v) is 7.78. The molecule has 1 aliphatic heterocycles. The number of aliphatic hydroxyl groups is 2. The molecule has 0 bridgehead atoms. The lowest BCUT2D eigenvalue weighted by molar-refractivity contribution is 0.189. The van der Waals surface area contributed by atoms with Gasteiger partial charge in [-0.3, -0.25) is 0 Å². The molecule has 7 heteroatoms. The normalized spacial score (nSPS) is 15.7. The number of hydrogen-bond donors (Lipinski definition) is 2. The maximum Gasteiger partial charge on any atom is 0.170 e. The van der Waals surface area contributed by atoms with E-state index in [4.69, 9.17) is 9.26 Å². The van der Waals surface area contributed by atoms with E-state index in [-0.39, 0.29) is 19.0 Å². The van der Waals surface area contributed by atoms with E-state index < -0.39 is 0 Å². The number of aromatic nitrogens is 1. The Morgan fingerprint density at radius 2 is 1.93 bits per heavy atom. The summed E-state index contributed by atoms with van der Waals surface area (Å²) in [4.78, 5) is 2.42. The van der Waals surface area contributed by atoms with E-state index in [2.05, 4.69) is 10.1 Å². The molecular formula is C23H27FN2O4. The van der Waals surface area contributed by atoms with E-state index in [1.54, 1.807) is 24.3 Å². The van der Waals surface area contributed by atoms with Crippen LogP contribution in [-0.4, -0.2) is 46.5 Å². The van der Waals surface area contributed by atoms with E-state index >= 15 is 0 Å². The van der Waals surface area contributed by atoms with E-state index in [0.29, 0.717) is 29.4 Å². The van der Waals surface area contributed by atoms with Gasteiger partial charge in [0.05, 0.1) is 25.5 Å². The standard InChI is InChI=1S/C23H27FN2O4/c24-19-3-4-20-22(13-19)30-25-23(20)17-6-9-26(10-7-17)8-1-11-29-21-5-2-16(14-27)12-18(21)15-28/h2-5,12-13,17,27-28H,1,6-11,14-15H2. The Bertz CT molecular complexity index is 982. The molecule has 4 rings (SSSR count). The van der Waals surface area contributed by atoms with Crippen molar-refractivity contribution in [3.05, 3.63) is 59.0 Å². The number of aliphatic hydroxyl groups excluding tert-OH is 2. The van der Waals surface area contributed by atoms with Gasteiger partial charge in [0.2, 0.25) is 0 Å². The van der Waals surface area contributed by atoms with Gasteiger partial charge in [0.15, 0.2) is 5.58 Å². The zero-order chi connectivity index (χ0) is 20.9. The molecule has 0 atom stereocenters. The summed E-state index contributed by atoms with van der Waals surface area (Å²) in [7, 11) is 0. The van der Waals surface area contributed by atoms with Crippen molar-refractivity contribution in [2.75, 3.05) is 26.2 Å². The Hall–Kier alpha value is -2.48. The van der Waals surface area contributed by atoms with Gasteiger partial charge in [0.25, 0.3) is 0 Å². The summed E-state index contributed by atoms with van der Waals surface area (Å²) in [5, 5.41) is 23.8. The van der Waals surface area contributed by atoms with Gasteiger partial charge in [-0.05, 0) is 62.2 Å². The zero-order valence-corrected chi connectivity index (χ0v) is 16.9. The van der Waals surface area contributed by atoms with Crippen molar-refractivity contribution in [3.63, 3.8) is 0 Å². The second kappa shape index (κ2) is 9.55. The van der Waals surface area contributed by atoms with Crippen molar-refractivity contribution < 1.29 is 23.9 Å². The van der Waals surface area contributed by atoms with Gasteiger partial charge in [0.1, 0.15) is 11.6 Å². The van der Waals surface area contributed by atoms with Crippen LogP contribution in [0.5, 0.6) is 5.75 Å². The summed E-state index contributed by atoms with van der Waals surface area (Å²) in [6, 6.07) is 9.98. The Labute approximate surface area is 174 Å². The van der Waals surface area contributed by atoms with Crippen LogP contribution in [0.4, 0.5) is 4.39 Å². The first-order valence-electron chi connectivity index (χ1n) is 10.4. The number of fused-ring (bicyclic) bond motifs is 1. The fraction of sp³-hybridized carbons (Fsp3) is 0.435. The molecule has 0 amide bonds. The third-order valence-electron chi connectivity index (χ3n) is 5.79. The number of ether oxygens (including phenoxy) is 1. The molecule has 6 nitrogen and oxygen atoms in total. The summed E-state index contributed by atoms with van der Waals surface area (Å²) in [6.45, 7) is 3.32. The van der Waals surface area contributed by atoms with Crippen molar-refractivity contribution in [3.8, 4) is 5.75 Å². The molecule has 160 valence electrons. The molecule has 3 aromatic rings. The summed E-state index contributed by atoms with van der Waals surface area (Å²) >= 11 is 0. The summed E-state index contributed by atoms with van der Waals surface area (Å²) in [5.41, 5.74) is 2.91. The van der Waals surface area contributed by atoms with E-state index in [1.165, 1.54) is 12.1 Å². The van der Waals surface area contributed by atoms with Gasteiger partial charge in [-0.1, -0.05) is 11.2 Å². The van der Waals surface area contributed by atoms with Gasteiger partial charge >= 0.3 is 0 Å². The van der Waals surface area contributed by atoms with E-state index in [9.17, 15) is 14.6 Å². The highest BCUT2D eigenvalue weighted by molar-refractivity contribution is 5.79. The topological polar surface area (TPSA) is 79.0 Å². The average molecular weight is 414 g/mol. The molecule has 1 aromatic heterocycles. The lowest BCUT2D eigenvalue weighted by Gasteiger charge is -2.31. The number of nitrogens with zero attached hydrogens (tertiary/aromatic N) is 2. The van der Waals surface area contributed by atoms with Crippen LogP contribution in [0.25, 0.3) is 11.0 Å². The molecule has 0 saturated carbocycles. The van der Waals surface area contributed by atoms with Gasteiger partial charge in [-0.25, -0.2) is 4.39 Å². The number of halogens is 1. The quantitative estimate of drug-likeness (QED) is 0.549. The van der Waals surface area contributed by atoms with E-state index in [1.807, 2.05) is 0 Å². The smallest absolute Gasteiger partial charge is 0.170 e. The Morgan fingerprint density at radius 3 is 2.70 bits per heavy atom. The summed E-state index contributed by atoms with van der Waals surface area (Å²) < 4.78 is 24.5. The molecular weight excluding hydrogens is 387 g/mol. The number of hydrogen-bond acceptors (Lipinski definition) is 6. The monoisotopic (exact) mass is 414 g/mol. The highest BCUT2D eigenvalue weighted by atomic mass is 19.1. The highest BCUT2D eigenvalue weighted by Crippen LogP contribution is 2.32. The minimum absolute atomic E-state index is 0.0513. The molecule has 1 saturated heterocycles. The van der Waals surface area contributed by atoms with E-state index in [0.717, 1.165) is 55.5 Å². The first-order chi connectivity index (χ1) is 14.7. The maximum atomic E-state index is 13.3. The molecule has 1 aliphatic rings. The molecule has 1 fully saturated rings. The number of rotatable bonds is 8. The fourth-order valence-corrected chi connectivity index (χ4v) is 4.12. The van der Waals surface area contributed by atoms with Crippen molar-refractivity contribution in [1.29, 1.82) is 0 Å². The maximum absolute atomic E-state index is 13.3. The predicted molar refractivity (Wildman–Crippen MR) is 111 cm³/mol. The van der Waals surface area contributed by atoms with Crippen LogP contribution in [0.15, 0.2) is 40.9 Å². The molecule has 0 spiro atoms. The highest BCUT2D eigenvalue weighted by Gasteiger charge is 2.25. The predicted octanol–water partition coefficient (Wildman–Crippen LogP) is 3.60. The van der Waals surface area contributed by atoms with Gasteiger partial charge in [-0.2, -0.15) is 0 Å². The van der Waals surface area contributed by atoms with Crippen molar-refractivity contribution in [2.45, 2.75) is 38.4 Å². The number of benzene rings is 2. The van der Waals surface area contributed by atoms with Crippen molar-refractivity contribution in [1.82, 2.24) is 10.1 Å². The fourth-order valence-electron chi connectivity index (χ4n) is 4.12. The Morgan fingerprint density at radius 1 is 1.10 bits per heavy atom. The van der Waals surface area contributed by atoms with Crippen LogP contribution in [0.3, 0.4) is 0 Å². The lowest BCUT2D eigenvalue weighted by Crippen LogP contribution is -2.34. The minimum Gasteiger partial charge on any atom is -0.493 e. The van der Waals surface area contributed by atoms with Crippen LogP contribution in [0.2, 0.25) is 0 Å². The zero-order valence-electron chi connectivity index (χ0n) is 16.9. The van der Waals surface area contributed by atoms with Gasteiger partial charge in [0, 0.05) is 29.5 Å². The third-order valence-corrected chi connectivity index (χ3v) is 5.79. The number of likely N-dealkylation sites (tertiary alicyclic amines) is 1. The first kappa shape index (κ1) is 20.8. The van der Waals surface area contributed by atoms with Crippen LogP contribution >= 0.6 is 0 Å². The molecule has 0 unspecified atom stereocenters. The number of piperidine rings is 1.